The summed E-state index contributed by atoms with van der Waals surface area (Å²) in [4.78, 5) is 33.2. The zero-order valence-corrected chi connectivity index (χ0v) is 12.7. The van der Waals surface area contributed by atoms with E-state index < -0.39 is 36.4 Å². The Kier molecular flexibility index (Phi) is 7.35. The number of aliphatic hydroxyl groups is 1. The Hall–Kier alpha value is -1.63. The lowest BCUT2D eigenvalue weighted by atomic mass is 9.81. The molecule has 7 heteroatoms. The Morgan fingerprint density at radius 3 is 1.76 bits per heavy atom. The minimum Gasteiger partial charge on any atom is -0.481 e. The number of ether oxygens (including phenoxy) is 1. The largest absolute Gasteiger partial charge is 0.481 e. The standard InChI is InChI=1S/C14H24O7/c1-4-13(5-2,6-3)9-21-11(17)8-14(20,12(18)19)7-10(15)16/h20H,4-9H2,1-3H3,(H,15,16)(H,18,19). The maximum atomic E-state index is 11.7. The first-order valence-corrected chi connectivity index (χ1v) is 6.98. The van der Waals surface area contributed by atoms with Gasteiger partial charge in [0.25, 0.3) is 0 Å². The number of carboxylic acids is 2. The van der Waals surface area contributed by atoms with Crippen molar-refractivity contribution in [2.24, 2.45) is 5.41 Å². The number of hydrogen-bond acceptors (Lipinski definition) is 5. The van der Waals surface area contributed by atoms with E-state index in [1.807, 2.05) is 20.8 Å². The van der Waals surface area contributed by atoms with Crippen LogP contribution in [0.3, 0.4) is 0 Å². The smallest absolute Gasteiger partial charge is 0.336 e. The van der Waals surface area contributed by atoms with Crippen LogP contribution in [0, 0.1) is 5.41 Å². The Morgan fingerprint density at radius 2 is 1.43 bits per heavy atom. The molecule has 122 valence electrons. The van der Waals surface area contributed by atoms with Crippen molar-refractivity contribution in [3.63, 3.8) is 0 Å². The van der Waals surface area contributed by atoms with Crippen molar-refractivity contribution in [1.82, 2.24) is 0 Å². The summed E-state index contributed by atoms with van der Waals surface area (Å²) in [5.41, 5.74) is -2.82. The molecule has 7 nitrogen and oxygen atoms in total. The SMILES string of the molecule is CCC(CC)(CC)COC(=O)CC(O)(CC(=O)O)C(=O)O. The van der Waals surface area contributed by atoms with Crippen molar-refractivity contribution in [3.8, 4) is 0 Å². The fourth-order valence-corrected chi connectivity index (χ4v) is 2.04. The van der Waals surface area contributed by atoms with E-state index in [0.29, 0.717) is 0 Å². The first-order valence-electron chi connectivity index (χ1n) is 6.98. The summed E-state index contributed by atoms with van der Waals surface area (Å²) in [5.74, 6) is -4.17. The molecule has 21 heavy (non-hydrogen) atoms. The molecule has 0 heterocycles. The van der Waals surface area contributed by atoms with E-state index in [9.17, 15) is 19.5 Å². The van der Waals surface area contributed by atoms with Crippen molar-refractivity contribution in [3.05, 3.63) is 0 Å². The van der Waals surface area contributed by atoms with E-state index in [2.05, 4.69) is 0 Å². The molecule has 0 saturated heterocycles. The highest BCUT2D eigenvalue weighted by atomic mass is 16.5. The second kappa shape index (κ2) is 7.97. The third kappa shape index (κ3) is 5.71. The van der Waals surface area contributed by atoms with Gasteiger partial charge in [-0.1, -0.05) is 20.8 Å². The quantitative estimate of drug-likeness (QED) is 0.522. The lowest BCUT2D eigenvalue weighted by Crippen LogP contribution is -2.43. The van der Waals surface area contributed by atoms with Crippen LogP contribution >= 0.6 is 0 Å². The van der Waals surface area contributed by atoms with Crippen LogP contribution in [0.5, 0.6) is 0 Å². The molecular formula is C14H24O7. The van der Waals surface area contributed by atoms with Gasteiger partial charge in [-0.3, -0.25) is 9.59 Å². The lowest BCUT2D eigenvalue weighted by Gasteiger charge is -2.30. The predicted octanol–water partition coefficient (Wildman–Crippen LogP) is 1.43. The highest BCUT2D eigenvalue weighted by molar-refractivity contribution is 5.88. The molecule has 0 spiro atoms. The summed E-state index contributed by atoms with van der Waals surface area (Å²) in [6.45, 7) is 6.04. The van der Waals surface area contributed by atoms with Gasteiger partial charge < -0.3 is 20.1 Å². The molecular weight excluding hydrogens is 280 g/mol. The number of hydrogen-bond donors (Lipinski definition) is 3. The predicted molar refractivity (Wildman–Crippen MR) is 73.7 cm³/mol. The first-order chi connectivity index (χ1) is 9.64. The van der Waals surface area contributed by atoms with Gasteiger partial charge in [0.1, 0.15) is 0 Å². The van der Waals surface area contributed by atoms with Crippen LogP contribution in [0.1, 0.15) is 52.9 Å². The molecule has 0 aliphatic heterocycles. The van der Waals surface area contributed by atoms with Gasteiger partial charge in [0.15, 0.2) is 5.60 Å². The van der Waals surface area contributed by atoms with Gasteiger partial charge in [-0.25, -0.2) is 4.79 Å². The summed E-state index contributed by atoms with van der Waals surface area (Å²) in [7, 11) is 0. The highest BCUT2D eigenvalue weighted by Crippen LogP contribution is 2.31. The van der Waals surface area contributed by atoms with Gasteiger partial charge in [-0.05, 0) is 19.3 Å². The molecule has 0 rings (SSSR count). The Morgan fingerprint density at radius 1 is 0.952 bits per heavy atom. The minimum absolute atomic E-state index is 0.123. The number of aliphatic carboxylic acids is 2. The van der Waals surface area contributed by atoms with Gasteiger partial charge in [0.2, 0.25) is 0 Å². The summed E-state index contributed by atoms with van der Waals surface area (Å²) >= 11 is 0. The molecule has 0 aromatic rings. The van der Waals surface area contributed by atoms with Crippen molar-refractivity contribution < 1.29 is 34.4 Å². The van der Waals surface area contributed by atoms with Gasteiger partial charge >= 0.3 is 17.9 Å². The number of carbonyl (C=O) groups is 3. The Labute approximate surface area is 123 Å². The molecule has 0 bridgehead atoms. The monoisotopic (exact) mass is 304 g/mol. The molecule has 0 amide bonds. The minimum atomic E-state index is -2.64. The Balaban J connectivity index is 4.73. The third-order valence-corrected chi connectivity index (χ3v) is 4.07. The molecule has 1 atom stereocenters. The Bertz CT molecular complexity index is 379. The fraction of sp³-hybridized carbons (Fsp3) is 0.786. The van der Waals surface area contributed by atoms with Crippen LogP contribution in [0.4, 0.5) is 0 Å². The number of rotatable bonds is 10. The molecule has 0 saturated carbocycles. The van der Waals surface area contributed by atoms with Gasteiger partial charge in [0.05, 0.1) is 19.4 Å². The molecule has 0 radical (unpaired) electrons. The number of esters is 1. The molecule has 0 fully saturated rings. The summed E-state index contributed by atoms with van der Waals surface area (Å²) in [6.07, 6.45) is 0.447. The normalized spacial score (nSPS) is 14.3. The van der Waals surface area contributed by atoms with Crippen LogP contribution in [0.15, 0.2) is 0 Å². The van der Waals surface area contributed by atoms with E-state index in [-0.39, 0.29) is 12.0 Å². The van der Waals surface area contributed by atoms with Crippen LogP contribution in [-0.2, 0) is 19.1 Å². The average molecular weight is 304 g/mol. The van der Waals surface area contributed by atoms with Crippen molar-refractivity contribution in [2.45, 2.75) is 58.5 Å². The van der Waals surface area contributed by atoms with E-state index in [1.165, 1.54) is 0 Å². The molecule has 1 unspecified atom stereocenters. The number of carbonyl (C=O) groups excluding carboxylic acids is 1. The van der Waals surface area contributed by atoms with E-state index in [4.69, 9.17) is 14.9 Å². The van der Waals surface area contributed by atoms with Crippen LogP contribution in [0.25, 0.3) is 0 Å². The van der Waals surface area contributed by atoms with Crippen LogP contribution in [0.2, 0.25) is 0 Å². The molecule has 3 N–H and O–H groups in total. The maximum Gasteiger partial charge on any atom is 0.336 e. The second-order valence-electron chi connectivity index (χ2n) is 5.31. The van der Waals surface area contributed by atoms with Crippen molar-refractivity contribution in [2.75, 3.05) is 6.61 Å². The first kappa shape index (κ1) is 19.4. The van der Waals surface area contributed by atoms with Crippen LogP contribution < -0.4 is 0 Å². The third-order valence-electron chi connectivity index (χ3n) is 4.07. The van der Waals surface area contributed by atoms with E-state index in [1.54, 1.807) is 0 Å². The van der Waals surface area contributed by atoms with Gasteiger partial charge in [0, 0.05) is 5.41 Å². The van der Waals surface area contributed by atoms with Crippen molar-refractivity contribution in [1.29, 1.82) is 0 Å². The average Bonchev–Trinajstić information content (AvgIpc) is 2.39. The van der Waals surface area contributed by atoms with E-state index >= 15 is 0 Å². The highest BCUT2D eigenvalue weighted by Gasteiger charge is 2.41. The second-order valence-corrected chi connectivity index (χ2v) is 5.31. The fourth-order valence-electron chi connectivity index (χ4n) is 2.04. The zero-order valence-electron chi connectivity index (χ0n) is 12.7. The number of carboxylic acid groups (broad SMARTS) is 2. The summed E-state index contributed by atoms with van der Waals surface area (Å²) in [6, 6.07) is 0. The molecule has 0 aromatic carbocycles. The topological polar surface area (TPSA) is 121 Å². The van der Waals surface area contributed by atoms with E-state index in [0.717, 1.165) is 19.3 Å². The summed E-state index contributed by atoms with van der Waals surface area (Å²) in [5, 5.41) is 27.2. The zero-order chi connectivity index (χ0) is 16.7. The molecule has 0 aromatic heterocycles. The molecule has 0 aliphatic rings. The van der Waals surface area contributed by atoms with Gasteiger partial charge in [-0.15, -0.1) is 0 Å². The maximum absolute atomic E-state index is 11.7. The lowest BCUT2D eigenvalue weighted by molar-refractivity contribution is -0.173. The summed E-state index contributed by atoms with van der Waals surface area (Å²) < 4.78 is 5.05. The van der Waals surface area contributed by atoms with Crippen LogP contribution in [-0.4, -0.2) is 45.4 Å². The molecule has 0 aliphatic carbocycles. The van der Waals surface area contributed by atoms with Gasteiger partial charge in [-0.2, -0.15) is 0 Å². The van der Waals surface area contributed by atoms with Crippen molar-refractivity contribution >= 4 is 17.9 Å².